The molecular weight excluding hydrogens is 727 g/mol. The molecule has 0 spiro atoms. The van der Waals surface area contributed by atoms with E-state index in [1.165, 1.54) is 13.1 Å². The third kappa shape index (κ3) is 6.94. The lowest BCUT2D eigenvalue weighted by Crippen LogP contribution is -2.54. The highest BCUT2D eigenvalue weighted by Crippen LogP contribution is 2.37. The van der Waals surface area contributed by atoms with Crippen LogP contribution in [0.3, 0.4) is 0 Å². The molecule has 15 nitrogen and oxygen atoms in total. The summed E-state index contributed by atoms with van der Waals surface area (Å²) in [4.78, 5) is 95.3. The Morgan fingerprint density at radius 3 is 2.42 bits per heavy atom. The van der Waals surface area contributed by atoms with Crippen LogP contribution >= 0.6 is 0 Å². The zero-order chi connectivity index (χ0) is 40.0. The number of carbonyl (C=O) groups is 6. The minimum atomic E-state index is -1.05. The third-order valence-corrected chi connectivity index (χ3v) is 11.1. The van der Waals surface area contributed by atoms with Crippen LogP contribution in [0.2, 0.25) is 0 Å². The van der Waals surface area contributed by atoms with Crippen LogP contribution in [0.4, 0.5) is 11.4 Å². The SMILES string of the molecule is CC(=O)c1c(C)[nH]c(-c2nc3ccc(N4CCN(CCNC(=O)CNc5cccc6c5C(=O)N(C5CCC(=O)N(C)C5=O)C6=O)CC4)cc3[nH]2)c1-c1ccccc1. The van der Waals surface area contributed by atoms with Gasteiger partial charge >= 0.3 is 0 Å². The van der Waals surface area contributed by atoms with Crippen molar-refractivity contribution in [3.63, 3.8) is 0 Å². The van der Waals surface area contributed by atoms with E-state index in [4.69, 9.17) is 4.98 Å². The Hall–Kier alpha value is -6.61. The number of aryl methyl sites for hydroxylation is 1. The van der Waals surface area contributed by atoms with Crippen molar-refractivity contribution in [1.82, 2.24) is 35.0 Å². The van der Waals surface area contributed by atoms with E-state index in [0.717, 1.165) is 75.2 Å². The summed E-state index contributed by atoms with van der Waals surface area (Å²) < 4.78 is 0. The molecule has 5 aromatic rings. The van der Waals surface area contributed by atoms with Gasteiger partial charge in [-0.05, 0) is 56.2 Å². The monoisotopic (exact) mass is 769 g/mol. The van der Waals surface area contributed by atoms with Crippen LogP contribution in [-0.4, -0.2) is 124 Å². The van der Waals surface area contributed by atoms with E-state index in [2.05, 4.69) is 42.5 Å². The highest BCUT2D eigenvalue weighted by Gasteiger charge is 2.47. The molecule has 8 rings (SSSR count). The number of benzene rings is 3. The molecule has 292 valence electrons. The molecule has 5 heterocycles. The molecule has 2 saturated heterocycles. The fourth-order valence-electron chi connectivity index (χ4n) is 8.14. The molecule has 0 aliphatic carbocycles. The summed E-state index contributed by atoms with van der Waals surface area (Å²) in [5, 5.41) is 5.93. The highest BCUT2D eigenvalue weighted by atomic mass is 16.2. The second-order valence-electron chi connectivity index (χ2n) is 14.7. The predicted octanol–water partition coefficient (Wildman–Crippen LogP) is 3.83. The van der Waals surface area contributed by atoms with Crippen LogP contribution in [-0.2, 0) is 14.4 Å². The normalized spacial score (nSPS) is 17.5. The van der Waals surface area contributed by atoms with Gasteiger partial charge in [0, 0.05) is 80.9 Å². The molecule has 0 saturated carbocycles. The van der Waals surface area contributed by atoms with Gasteiger partial charge in [0.05, 0.1) is 34.4 Å². The van der Waals surface area contributed by atoms with Gasteiger partial charge < -0.3 is 25.5 Å². The van der Waals surface area contributed by atoms with Gasteiger partial charge in [-0.15, -0.1) is 0 Å². The van der Waals surface area contributed by atoms with Crippen LogP contribution in [0, 0.1) is 6.92 Å². The molecule has 0 radical (unpaired) electrons. The van der Waals surface area contributed by atoms with Gasteiger partial charge in [-0.2, -0.15) is 0 Å². The summed E-state index contributed by atoms with van der Waals surface area (Å²) in [5.41, 5.74) is 7.43. The fraction of sp³-hybridized carbons (Fsp3) is 0.310. The predicted molar refractivity (Wildman–Crippen MR) is 214 cm³/mol. The second-order valence-corrected chi connectivity index (χ2v) is 14.7. The lowest BCUT2D eigenvalue weighted by Gasteiger charge is -2.36. The maximum Gasteiger partial charge on any atom is 0.264 e. The van der Waals surface area contributed by atoms with Crippen molar-refractivity contribution in [2.45, 2.75) is 32.7 Å². The standard InChI is InChI=1S/C42H43N9O6/c1-24-35(25(2)52)36(26-8-5-4-6-9-26)38(45-24)39-46-29-13-12-27(22-31(29)47-39)50-20-18-49(19-21-50)17-16-43-33(53)23-44-30-11-7-10-28-37(30)42(57)51(40(28)55)32-14-15-34(54)48(3)41(32)56/h4-13,22,32,44-45H,14-21,23H2,1-3H3,(H,43,53)(H,46,47). The van der Waals surface area contributed by atoms with E-state index in [9.17, 15) is 28.8 Å². The number of ketones is 1. The number of imide groups is 2. The number of nitrogens with one attached hydrogen (secondary N) is 4. The molecule has 2 fully saturated rings. The van der Waals surface area contributed by atoms with Crippen LogP contribution in [0.15, 0.2) is 66.7 Å². The number of carbonyl (C=O) groups excluding carboxylic acids is 6. The first kappa shape index (κ1) is 37.3. The molecule has 5 amide bonds. The summed E-state index contributed by atoms with van der Waals surface area (Å²) in [6.07, 6.45) is 0.133. The van der Waals surface area contributed by atoms with E-state index < -0.39 is 23.8 Å². The van der Waals surface area contributed by atoms with Gasteiger partial charge in [0.2, 0.25) is 11.8 Å². The molecule has 4 N–H and O–H groups in total. The van der Waals surface area contributed by atoms with Crippen molar-refractivity contribution in [3.8, 4) is 22.6 Å². The van der Waals surface area contributed by atoms with E-state index in [0.29, 0.717) is 30.2 Å². The average Bonchev–Trinajstić information content (AvgIpc) is 3.88. The van der Waals surface area contributed by atoms with Gasteiger partial charge in [-0.1, -0.05) is 36.4 Å². The number of hydrogen-bond acceptors (Lipinski definition) is 10. The fourth-order valence-corrected chi connectivity index (χ4v) is 8.14. The molecule has 3 aliphatic rings. The Bertz CT molecular complexity index is 2450. The summed E-state index contributed by atoms with van der Waals surface area (Å²) >= 11 is 0. The first-order valence-electron chi connectivity index (χ1n) is 19.1. The smallest absolute Gasteiger partial charge is 0.264 e. The minimum absolute atomic E-state index is 0.00637. The van der Waals surface area contributed by atoms with Gasteiger partial charge in [-0.3, -0.25) is 43.5 Å². The van der Waals surface area contributed by atoms with Crippen LogP contribution in [0.5, 0.6) is 0 Å². The number of amides is 5. The average molecular weight is 770 g/mol. The van der Waals surface area contributed by atoms with E-state index >= 15 is 0 Å². The number of imidazole rings is 1. The number of aromatic nitrogens is 3. The van der Waals surface area contributed by atoms with Gasteiger partial charge in [0.1, 0.15) is 6.04 Å². The van der Waals surface area contributed by atoms with Gasteiger partial charge in [0.15, 0.2) is 11.6 Å². The maximum atomic E-state index is 13.4. The number of rotatable bonds is 11. The van der Waals surface area contributed by atoms with Gasteiger partial charge in [0.25, 0.3) is 17.7 Å². The number of Topliss-reactive ketones (excluding diaryl/α,β-unsaturated/α-hetero) is 1. The first-order chi connectivity index (χ1) is 27.5. The maximum absolute atomic E-state index is 13.4. The molecule has 57 heavy (non-hydrogen) atoms. The number of likely N-dealkylation sites (N-methyl/N-ethyl adjacent to an activating group) is 1. The largest absolute Gasteiger partial charge is 0.375 e. The van der Waals surface area contributed by atoms with E-state index in [1.807, 2.05) is 43.3 Å². The molecule has 1 unspecified atom stereocenters. The summed E-state index contributed by atoms with van der Waals surface area (Å²) in [6.45, 7) is 7.72. The Morgan fingerprint density at radius 2 is 1.67 bits per heavy atom. The molecule has 0 bridgehead atoms. The van der Waals surface area contributed by atoms with E-state index in [-0.39, 0.29) is 48.1 Å². The van der Waals surface area contributed by atoms with Gasteiger partial charge in [-0.25, -0.2) is 4.98 Å². The number of piperazine rings is 1. The lowest BCUT2D eigenvalue weighted by molar-refractivity contribution is -0.149. The quantitative estimate of drug-likeness (QED) is 0.114. The van der Waals surface area contributed by atoms with Crippen LogP contribution in [0.25, 0.3) is 33.7 Å². The molecule has 2 aromatic heterocycles. The number of fused-ring (bicyclic) bond motifs is 2. The Balaban J connectivity index is 0.839. The Morgan fingerprint density at radius 1 is 0.895 bits per heavy atom. The summed E-state index contributed by atoms with van der Waals surface area (Å²) in [7, 11) is 1.35. The molecule has 3 aliphatic heterocycles. The molecule has 3 aromatic carbocycles. The van der Waals surface area contributed by atoms with Crippen molar-refractivity contribution in [2.24, 2.45) is 0 Å². The molecule has 15 heteroatoms. The number of nitrogens with zero attached hydrogens (tertiary/aromatic N) is 5. The third-order valence-electron chi connectivity index (χ3n) is 11.1. The summed E-state index contributed by atoms with van der Waals surface area (Å²) in [5.74, 6) is -1.76. The van der Waals surface area contributed by atoms with Crippen LogP contribution in [0.1, 0.15) is 56.5 Å². The number of hydrogen-bond donors (Lipinski definition) is 4. The van der Waals surface area contributed by atoms with Crippen molar-refractivity contribution in [2.75, 3.05) is 63.1 Å². The first-order valence-corrected chi connectivity index (χ1v) is 19.1. The van der Waals surface area contributed by atoms with Crippen molar-refractivity contribution in [3.05, 3.63) is 89.1 Å². The highest BCUT2D eigenvalue weighted by molar-refractivity contribution is 6.25. The number of piperidine rings is 1. The lowest BCUT2D eigenvalue weighted by atomic mass is 9.98. The minimum Gasteiger partial charge on any atom is -0.375 e. The zero-order valence-electron chi connectivity index (χ0n) is 32.0. The number of anilines is 2. The Kier molecular flexibility index (Phi) is 9.92. The number of H-pyrrole nitrogens is 2. The molecular formula is C42H43N9O6. The van der Waals surface area contributed by atoms with Crippen LogP contribution < -0.4 is 15.5 Å². The summed E-state index contributed by atoms with van der Waals surface area (Å²) in [6, 6.07) is 19.8. The Labute approximate surface area is 328 Å². The topological polar surface area (TPSA) is 184 Å². The van der Waals surface area contributed by atoms with E-state index in [1.54, 1.807) is 19.1 Å². The second kappa shape index (κ2) is 15.1. The zero-order valence-corrected chi connectivity index (χ0v) is 32.0. The van der Waals surface area contributed by atoms with Crippen molar-refractivity contribution >= 4 is 57.7 Å². The van der Waals surface area contributed by atoms with Crippen molar-refractivity contribution in [1.29, 1.82) is 0 Å². The number of aromatic amines is 2. The van der Waals surface area contributed by atoms with Crippen molar-refractivity contribution < 1.29 is 28.8 Å². The molecule has 1 atom stereocenters. The number of likely N-dealkylation sites (tertiary alicyclic amines) is 1.